The van der Waals surface area contributed by atoms with Crippen LogP contribution in [0.5, 0.6) is 0 Å². The number of likely N-dealkylation sites (N-methyl/N-ethyl adjacent to an activating group) is 1. The Labute approximate surface area is 110 Å². The van der Waals surface area contributed by atoms with E-state index in [4.69, 9.17) is 0 Å². The van der Waals surface area contributed by atoms with E-state index in [1.165, 1.54) is 4.90 Å². The van der Waals surface area contributed by atoms with Crippen LogP contribution in [-0.2, 0) is 9.59 Å². The summed E-state index contributed by atoms with van der Waals surface area (Å²) >= 11 is 0. The molecule has 1 atom stereocenters. The van der Waals surface area contributed by atoms with Crippen LogP contribution in [0.4, 0.5) is 0 Å². The van der Waals surface area contributed by atoms with Gasteiger partial charge in [-0.1, -0.05) is 13.3 Å². The van der Waals surface area contributed by atoms with Crippen molar-refractivity contribution >= 4 is 11.8 Å². The van der Waals surface area contributed by atoms with Gasteiger partial charge in [0, 0.05) is 32.7 Å². The van der Waals surface area contributed by atoms with Crippen LogP contribution in [0.2, 0.25) is 0 Å². The molecule has 18 heavy (non-hydrogen) atoms. The number of carbonyl (C=O) groups is 2. The fourth-order valence-corrected chi connectivity index (χ4v) is 2.19. The van der Waals surface area contributed by atoms with Gasteiger partial charge in [-0.25, -0.2) is 0 Å². The lowest BCUT2D eigenvalue weighted by Gasteiger charge is -2.31. The Balaban J connectivity index is 2.20. The summed E-state index contributed by atoms with van der Waals surface area (Å²) in [5, 5.41) is 3.36. The maximum atomic E-state index is 11.7. The molecule has 0 saturated carbocycles. The maximum absolute atomic E-state index is 11.7. The minimum atomic E-state index is -0.373. The van der Waals surface area contributed by atoms with E-state index in [0.29, 0.717) is 25.7 Å². The number of nitrogens with one attached hydrogen (secondary N) is 1. The third-order valence-corrected chi connectivity index (χ3v) is 3.39. The van der Waals surface area contributed by atoms with Gasteiger partial charge in [-0.05, 0) is 26.3 Å². The average molecular weight is 255 g/mol. The fourth-order valence-electron chi connectivity index (χ4n) is 2.19. The number of hydrogen-bond donors (Lipinski definition) is 1. The molecule has 0 radical (unpaired) electrons. The zero-order valence-corrected chi connectivity index (χ0v) is 11.7. The quantitative estimate of drug-likeness (QED) is 0.531. The Morgan fingerprint density at radius 2 is 1.94 bits per heavy atom. The van der Waals surface area contributed by atoms with E-state index in [0.717, 1.165) is 25.8 Å². The second-order valence-electron chi connectivity index (χ2n) is 4.97. The Kier molecular flexibility index (Phi) is 6.12. The van der Waals surface area contributed by atoms with Gasteiger partial charge in [0.15, 0.2) is 0 Å². The third kappa shape index (κ3) is 4.29. The van der Waals surface area contributed by atoms with E-state index in [-0.39, 0.29) is 11.8 Å². The van der Waals surface area contributed by atoms with Gasteiger partial charge < -0.3 is 15.1 Å². The van der Waals surface area contributed by atoms with Crippen molar-refractivity contribution in [2.45, 2.75) is 39.2 Å². The molecule has 1 heterocycles. The first-order valence-corrected chi connectivity index (χ1v) is 6.84. The third-order valence-electron chi connectivity index (χ3n) is 3.39. The zero-order valence-electron chi connectivity index (χ0n) is 11.7. The molecule has 1 saturated heterocycles. The molecule has 1 aliphatic rings. The summed E-state index contributed by atoms with van der Waals surface area (Å²) in [6, 6.07) is 0.528. The van der Waals surface area contributed by atoms with Crippen LogP contribution in [0.15, 0.2) is 0 Å². The summed E-state index contributed by atoms with van der Waals surface area (Å²) in [5.74, 6) is -0.717. The lowest BCUT2D eigenvalue weighted by atomic mass is 10.1. The standard InChI is InChI=1S/C13H25N3O2/c1-4-14-11(2)7-5-6-8-16-10-9-15(3)12(17)13(16)18/h11,14H,4-10H2,1-3H3. The molecule has 2 amide bonds. The molecule has 0 aromatic rings. The van der Waals surface area contributed by atoms with Crippen molar-refractivity contribution in [1.82, 2.24) is 15.1 Å². The first kappa shape index (κ1) is 15.0. The van der Waals surface area contributed by atoms with Crippen LogP contribution in [0.3, 0.4) is 0 Å². The van der Waals surface area contributed by atoms with E-state index in [1.807, 2.05) is 0 Å². The van der Waals surface area contributed by atoms with Crippen LogP contribution in [0.25, 0.3) is 0 Å². The lowest BCUT2D eigenvalue weighted by molar-refractivity contribution is -0.154. The normalized spacial score (nSPS) is 18.4. The lowest BCUT2D eigenvalue weighted by Crippen LogP contribution is -2.52. The number of unbranched alkanes of at least 4 members (excludes halogenated alkanes) is 1. The topological polar surface area (TPSA) is 52.6 Å². The van der Waals surface area contributed by atoms with Gasteiger partial charge in [0.05, 0.1) is 0 Å². The number of amides is 2. The van der Waals surface area contributed by atoms with Crippen molar-refractivity contribution in [3.8, 4) is 0 Å². The van der Waals surface area contributed by atoms with Gasteiger partial charge >= 0.3 is 11.8 Å². The highest BCUT2D eigenvalue weighted by Gasteiger charge is 2.29. The largest absolute Gasteiger partial charge is 0.336 e. The van der Waals surface area contributed by atoms with E-state index in [2.05, 4.69) is 19.2 Å². The van der Waals surface area contributed by atoms with Gasteiger partial charge in [-0.2, -0.15) is 0 Å². The van der Waals surface area contributed by atoms with Crippen molar-refractivity contribution in [2.24, 2.45) is 0 Å². The molecule has 5 nitrogen and oxygen atoms in total. The van der Waals surface area contributed by atoms with Crippen molar-refractivity contribution < 1.29 is 9.59 Å². The molecule has 1 aliphatic heterocycles. The summed E-state index contributed by atoms with van der Waals surface area (Å²) in [6.07, 6.45) is 3.17. The summed E-state index contributed by atoms with van der Waals surface area (Å²) < 4.78 is 0. The van der Waals surface area contributed by atoms with Gasteiger partial charge in [0.25, 0.3) is 0 Å². The Morgan fingerprint density at radius 1 is 1.22 bits per heavy atom. The summed E-state index contributed by atoms with van der Waals surface area (Å²) in [4.78, 5) is 26.3. The van der Waals surface area contributed by atoms with Crippen LogP contribution in [0, 0.1) is 0 Å². The smallest absolute Gasteiger partial charge is 0.312 e. The zero-order chi connectivity index (χ0) is 13.5. The van der Waals surface area contributed by atoms with Gasteiger partial charge in [0.1, 0.15) is 0 Å². The molecule has 1 rings (SSSR count). The second kappa shape index (κ2) is 7.36. The van der Waals surface area contributed by atoms with Crippen LogP contribution >= 0.6 is 0 Å². The van der Waals surface area contributed by atoms with Gasteiger partial charge in [-0.15, -0.1) is 0 Å². The molecule has 1 N–H and O–H groups in total. The maximum Gasteiger partial charge on any atom is 0.312 e. The molecule has 1 fully saturated rings. The predicted molar refractivity (Wildman–Crippen MR) is 71.2 cm³/mol. The highest BCUT2D eigenvalue weighted by Crippen LogP contribution is 2.07. The van der Waals surface area contributed by atoms with E-state index < -0.39 is 0 Å². The van der Waals surface area contributed by atoms with Crippen LogP contribution in [-0.4, -0.2) is 60.9 Å². The fraction of sp³-hybridized carbons (Fsp3) is 0.846. The van der Waals surface area contributed by atoms with Crippen LogP contribution < -0.4 is 5.32 Å². The highest BCUT2D eigenvalue weighted by atomic mass is 16.2. The highest BCUT2D eigenvalue weighted by molar-refractivity contribution is 6.35. The molecule has 0 aromatic carbocycles. The van der Waals surface area contributed by atoms with E-state index >= 15 is 0 Å². The SMILES string of the molecule is CCNC(C)CCCCN1CCN(C)C(=O)C1=O. The molecule has 104 valence electrons. The van der Waals surface area contributed by atoms with E-state index in [9.17, 15) is 9.59 Å². The Morgan fingerprint density at radius 3 is 2.61 bits per heavy atom. The van der Waals surface area contributed by atoms with Crippen molar-refractivity contribution in [2.75, 3.05) is 33.2 Å². The summed E-state index contributed by atoms with van der Waals surface area (Å²) in [5.41, 5.74) is 0. The number of carbonyl (C=O) groups excluding carboxylic acids is 2. The summed E-state index contributed by atoms with van der Waals surface area (Å²) in [6.45, 7) is 7.30. The van der Waals surface area contributed by atoms with Crippen LogP contribution in [0.1, 0.15) is 33.1 Å². The molecule has 0 aromatic heterocycles. The van der Waals surface area contributed by atoms with E-state index in [1.54, 1.807) is 11.9 Å². The van der Waals surface area contributed by atoms with Crippen molar-refractivity contribution in [1.29, 1.82) is 0 Å². The molecule has 1 unspecified atom stereocenters. The molecular weight excluding hydrogens is 230 g/mol. The minimum absolute atomic E-state index is 0.344. The molecular formula is C13H25N3O2. The first-order valence-electron chi connectivity index (χ1n) is 6.84. The Bertz CT molecular complexity index is 294. The molecule has 5 heteroatoms. The molecule has 0 spiro atoms. The number of hydrogen-bond acceptors (Lipinski definition) is 3. The first-order chi connectivity index (χ1) is 8.56. The Hall–Kier alpha value is -1.10. The van der Waals surface area contributed by atoms with Gasteiger partial charge in [0.2, 0.25) is 0 Å². The van der Waals surface area contributed by atoms with Crippen molar-refractivity contribution in [3.63, 3.8) is 0 Å². The predicted octanol–water partition coefficient (Wildman–Crippen LogP) is 0.455. The molecule has 0 bridgehead atoms. The minimum Gasteiger partial charge on any atom is -0.336 e. The number of piperazine rings is 1. The number of rotatable bonds is 7. The summed E-state index contributed by atoms with van der Waals surface area (Å²) in [7, 11) is 1.68. The van der Waals surface area contributed by atoms with Gasteiger partial charge in [-0.3, -0.25) is 9.59 Å². The molecule has 0 aliphatic carbocycles. The second-order valence-corrected chi connectivity index (χ2v) is 4.97. The number of nitrogens with zero attached hydrogens (tertiary/aromatic N) is 2. The monoisotopic (exact) mass is 255 g/mol. The average Bonchev–Trinajstić information content (AvgIpc) is 2.34. The van der Waals surface area contributed by atoms with Crippen molar-refractivity contribution in [3.05, 3.63) is 0 Å².